The molecule has 6 rings (SSSR count). The lowest BCUT2D eigenvalue weighted by atomic mass is 10.1. The number of nitrogens with one attached hydrogen (secondary N) is 1. The molecule has 4 heterocycles. The summed E-state index contributed by atoms with van der Waals surface area (Å²) >= 11 is 12.3. The maximum absolute atomic E-state index is 12.2. The number of fused-ring (bicyclic) bond motifs is 2. The molecular weight excluding hydrogens is 565 g/mol. The third kappa shape index (κ3) is 5.21. The van der Waals surface area contributed by atoms with Gasteiger partial charge in [0.15, 0.2) is 5.43 Å². The van der Waals surface area contributed by atoms with Crippen LogP contribution in [0.4, 0.5) is 5.69 Å². The van der Waals surface area contributed by atoms with E-state index in [2.05, 4.69) is 46.1 Å². The van der Waals surface area contributed by atoms with E-state index in [-0.39, 0.29) is 5.43 Å². The Bertz CT molecular complexity index is 2030. The molecule has 6 nitrogen and oxygen atoms in total. The molecule has 8 heteroatoms. The lowest BCUT2D eigenvalue weighted by molar-refractivity contribution is 1.04. The van der Waals surface area contributed by atoms with Gasteiger partial charge < -0.3 is 19.9 Å². The first kappa shape index (κ1) is 29.5. The third-order valence-electron chi connectivity index (χ3n) is 7.60. The zero-order chi connectivity index (χ0) is 30.6. The Hall–Kier alpha value is -4.00. The van der Waals surface area contributed by atoms with Crippen molar-refractivity contribution in [2.75, 3.05) is 5.73 Å². The average Bonchev–Trinajstić information content (AvgIpc) is 3.34. The van der Waals surface area contributed by atoms with Gasteiger partial charge in [0.25, 0.3) is 0 Å². The van der Waals surface area contributed by atoms with E-state index in [1.165, 1.54) is 0 Å². The highest BCUT2D eigenvalue weighted by Gasteiger charge is 2.16. The molecule has 0 aliphatic heterocycles. The van der Waals surface area contributed by atoms with Crippen LogP contribution in [-0.4, -0.2) is 19.1 Å². The van der Waals surface area contributed by atoms with Crippen molar-refractivity contribution in [1.29, 1.82) is 0 Å². The number of aromatic nitrogens is 4. The standard InChI is InChI=1S/C17H18ClN3.C17H17ClN2O/c1-9-5-13(18)6-10(2)16(9)21-8-11(3)15-14(19)7-12(4)20-17(15)21;1-9-5-13(18)6-10(2)16(9)20-8-11(3)15-14(21)7-12(4)19-17(15)20/h5-8H,1-4H3,(H2,19,20);5-8H,1-4H3,(H,19,21). The number of pyridine rings is 2. The number of nitrogens with zero attached hydrogens (tertiary/aromatic N) is 3. The molecule has 6 aromatic rings. The van der Waals surface area contributed by atoms with Gasteiger partial charge in [0, 0.05) is 51.0 Å². The molecule has 0 spiro atoms. The fourth-order valence-electron chi connectivity index (χ4n) is 6.05. The quantitative estimate of drug-likeness (QED) is 0.209. The van der Waals surface area contributed by atoms with Crippen molar-refractivity contribution in [2.24, 2.45) is 0 Å². The lowest BCUT2D eigenvalue weighted by Crippen LogP contribution is -2.06. The van der Waals surface area contributed by atoms with E-state index in [1.54, 1.807) is 6.07 Å². The van der Waals surface area contributed by atoms with Gasteiger partial charge in [-0.3, -0.25) is 4.79 Å². The first-order chi connectivity index (χ1) is 19.8. The van der Waals surface area contributed by atoms with Crippen molar-refractivity contribution in [3.05, 3.63) is 114 Å². The van der Waals surface area contributed by atoms with Crippen LogP contribution in [0.25, 0.3) is 33.4 Å². The molecule has 0 radical (unpaired) electrons. The average molecular weight is 601 g/mol. The van der Waals surface area contributed by atoms with Gasteiger partial charge in [-0.25, -0.2) is 4.98 Å². The van der Waals surface area contributed by atoms with Crippen LogP contribution in [0.2, 0.25) is 10.0 Å². The van der Waals surface area contributed by atoms with E-state index >= 15 is 0 Å². The maximum atomic E-state index is 12.2. The topological polar surface area (TPSA) is 81.6 Å². The minimum Gasteiger partial charge on any atom is -0.398 e. The van der Waals surface area contributed by atoms with Crippen LogP contribution in [0.1, 0.15) is 44.8 Å². The number of rotatable bonds is 2. The Morgan fingerprint density at radius 2 is 1.14 bits per heavy atom. The number of nitrogen functional groups attached to an aromatic ring is 1. The van der Waals surface area contributed by atoms with E-state index in [4.69, 9.17) is 28.9 Å². The summed E-state index contributed by atoms with van der Waals surface area (Å²) in [6.45, 7) is 16.1. The number of nitrogens with two attached hydrogens (primary N) is 1. The fourth-order valence-corrected chi connectivity index (χ4v) is 6.70. The smallest absolute Gasteiger partial charge is 0.191 e. The summed E-state index contributed by atoms with van der Waals surface area (Å²) in [6, 6.07) is 11.4. The molecule has 0 unspecified atom stereocenters. The van der Waals surface area contributed by atoms with Crippen LogP contribution < -0.4 is 11.2 Å². The van der Waals surface area contributed by atoms with Crippen molar-refractivity contribution < 1.29 is 0 Å². The number of hydrogen-bond donors (Lipinski definition) is 2. The Labute approximate surface area is 255 Å². The lowest BCUT2D eigenvalue weighted by Gasteiger charge is -2.13. The van der Waals surface area contributed by atoms with E-state index < -0.39 is 0 Å². The summed E-state index contributed by atoms with van der Waals surface area (Å²) in [6.07, 6.45) is 4.10. The van der Waals surface area contributed by atoms with Gasteiger partial charge in [0.05, 0.1) is 16.8 Å². The highest BCUT2D eigenvalue weighted by molar-refractivity contribution is 6.31. The van der Waals surface area contributed by atoms with Crippen LogP contribution in [0.3, 0.4) is 0 Å². The van der Waals surface area contributed by atoms with E-state index in [9.17, 15) is 4.79 Å². The van der Waals surface area contributed by atoms with E-state index in [0.717, 1.165) is 93.9 Å². The number of halogens is 2. The molecule has 0 aliphatic rings. The van der Waals surface area contributed by atoms with Crippen LogP contribution in [-0.2, 0) is 0 Å². The molecule has 42 heavy (non-hydrogen) atoms. The van der Waals surface area contributed by atoms with Crippen molar-refractivity contribution >= 4 is 51.0 Å². The van der Waals surface area contributed by atoms with E-state index in [0.29, 0.717) is 0 Å². The van der Waals surface area contributed by atoms with Crippen molar-refractivity contribution in [2.45, 2.75) is 55.4 Å². The molecule has 216 valence electrons. The van der Waals surface area contributed by atoms with Gasteiger partial charge in [-0.1, -0.05) is 23.2 Å². The van der Waals surface area contributed by atoms with Crippen LogP contribution in [0.15, 0.2) is 53.6 Å². The van der Waals surface area contributed by atoms with Gasteiger partial charge in [-0.15, -0.1) is 0 Å². The summed E-state index contributed by atoms with van der Waals surface area (Å²) in [5.41, 5.74) is 19.2. The number of H-pyrrole nitrogens is 1. The predicted molar refractivity (Wildman–Crippen MR) is 177 cm³/mol. The molecule has 3 N–H and O–H groups in total. The van der Waals surface area contributed by atoms with Crippen molar-refractivity contribution in [3.63, 3.8) is 0 Å². The number of aromatic amines is 1. The highest BCUT2D eigenvalue weighted by atomic mass is 35.5. The summed E-state index contributed by atoms with van der Waals surface area (Å²) in [5, 5.41) is 3.25. The Kier molecular flexibility index (Phi) is 7.73. The number of aryl methyl sites for hydroxylation is 8. The zero-order valence-electron chi connectivity index (χ0n) is 25.2. The second kappa shape index (κ2) is 11.0. The summed E-state index contributed by atoms with van der Waals surface area (Å²) in [5.74, 6) is 0. The molecule has 0 saturated heterocycles. The fraction of sp³-hybridized carbons (Fsp3) is 0.235. The molecular formula is C34H35Cl2N5O. The minimum absolute atomic E-state index is 0.0572. The molecule has 0 saturated carbocycles. The number of benzene rings is 2. The molecule has 0 atom stereocenters. The number of hydrogen-bond acceptors (Lipinski definition) is 3. The first-order valence-corrected chi connectivity index (χ1v) is 14.5. The summed E-state index contributed by atoms with van der Waals surface area (Å²) < 4.78 is 4.18. The molecule has 0 fully saturated rings. The van der Waals surface area contributed by atoms with Gasteiger partial charge in [0.2, 0.25) is 0 Å². The van der Waals surface area contributed by atoms with Crippen LogP contribution in [0, 0.1) is 55.4 Å². The monoisotopic (exact) mass is 599 g/mol. The molecule has 0 aliphatic carbocycles. The summed E-state index contributed by atoms with van der Waals surface area (Å²) in [7, 11) is 0. The SMILES string of the molecule is Cc1cc(=O)c2c(C)cn(-c3c(C)cc(Cl)cc3C)c2[nH]1.Cc1cc(N)c2c(C)cn(-c3c(C)cc(Cl)cc3C)c2n1. The second-order valence-corrected chi connectivity index (χ2v) is 12.1. The van der Waals surface area contributed by atoms with Crippen LogP contribution >= 0.6 is 23.2 Å². The summed E-state index contributed by atoms with van der Waals surface area (Å²) in [4.78, 5) is 20.2. The Balaban J connectivity index is 0.000000168. The van der Waals surface area contributed by atoms with Crippen molar-refractivity contribution in [1.82, 2.24) is 19.1 Å². The predicted octanol–water partition coefficient (Wildman–Crippen LogP) is 8.70. The van der Waals surface area contributed by atoms with Gasteiger partial charge in [-0.05, 0) is 119 Å². The first-order valence-electron chi connectivity index (χ1n) is 13.8. The minimum atomic E-state index is 0.0572. The van der Waals surface area contributed by atoms with Gasteiger partial charge in [-0.2, -0.15) is 0 Å². The largest absolute Gasteiger partial charge is 0.398 e. The highest BCUT2D eigenvalue weighted by Crippen LogP contribution is 2.32. The van der Waals surface area contributed by atoms with E-state index in [1.807, 2.05) is 71.1 Å². The number of anilines is 1. The third-order valence-corrected chi connectivity index (χ3v) is 8.04. The second-order valence-electron chi connectivity index (χ2n) is 11.2. The molecule has 0 amide bonds. The van der Waals surface area contributed by atoms with Gasteiger partial charge in [0.1, 0.15) is 11.3 Å². The molecule has 4 aromatic heterocycles. The zero-order valence-corrected chi connectivity index (χ0v) is 26.7. The molecule has 2 aromatic carbocycles. The normalized spacial score (nSPS) is 11.3. The molecule has 0 bridgehead atoms. The van der Waals surface area contributed by atoms with Gasteiger partial charge >= 0.3 is 0 Å². The van der Waals surface area contributed by atoms with Crippen molar-refractivity contribution in [3.8, 4) is 11.4 Å². The Morgan fingerprint density at radius 3 is 1.69 bits per heavy atom. The maximum Gasteiger partial charge on any atom is 0.191 e. The van der Waals surface area contributed by atoms with Crippen LogP contribution in [0.5, 0.6) is 0 Å². The Morgan fingerprint density at radius 1 is 0.667 bits per heavy atom.